The molecule has 2 aromatic rings. The van der Waals surface area contributed by atoms with E-state index in [0.717, 1.165) is 22.3 Å². The van der Waals surface area contributed by atoms with Crippen LogP contribution in [0.15, 0.2) is 36.4 Å². The molecule has 0 spiro atoms. The molecule has 0 saturated heterocycles. The summed E-state index contributed by atoms with van der Waals surface area (Å²) in [5.74, 6) is -0.0973. The summed E-state index contributed by atoms with van der Waals surface area (Å²) in [6.07, 6.45) is 0. The Morgan fingerprint density at radius 2 is 1.95 bits per heavy atom. The van der Waals surface area contributed by atoms with Crippen LogP contribution in [0.1, 0.15) is 21.5 Å². The first-order valence-corrected chi connectivity index (χ1v) is 7.68. The summed E-state index contributed by atoms with van der Waals surface area (Å²) in [5, 5.41) is 6.85. The molecule has 0 aromatic heterocycles. The molecule has 2 N–H and O–H groups in total. The molecule has 20 heavy (non-hydrogen) atoms. The molecule has 1 heterocycles. The largest absolute Gasteiger partial charge is 0.321 e. The third-order valence-electron chi connectivity index (χ3n) is 3.28. The van der Waals surface area contributed by atoms with Gasteiger partial charge in [-0.15, -0.1) is 0 Å². The molecule has 3 rings (SSSR count). The fourth-order valence-electron chi connectivity index (χ4n) is 2.22. The van der Waals surface area contributed by atoms with Gasteiger partial charge in [-0.25, -0.2) is 0 Å². The van der Waals surface area contributed by atoms with Crippen LogP contribution in [0.5, 0.6) is 0 Å². The zero-order valence-corrected chi connectivity index (χ0v) is 13.5. The quantitative estimate of drug-likeness (QED) is 0.756. The fraction of sp³-hybridized carbons (Fsp3) is 0.133. The first-order valence-electron chi connectivity index (χ1n) is 6.22. The average molecular weight is 399 g/mol. The van der Waals surface area contributed by atoms with E-state index >= 15 is 0 Å². The van der Waals surface area contributed by atoms with Crippen LogP contribution in [-0.2, 0) is 13.1 Å². The van der Waals surface area contributed by atoms with Crippen LogP contribution in [0.25, 0.3) is 0 Å². The molecular formula is C15H12ClIN2O. The standard InChI is InChI=1S/C15H12ClIN2O/c16-12-3-4-14(13(17)6-12)19-15(20)9-1-2-10-7-18-8-11(10)5-9/h1-6,18H,7-8H2,(H,19,20). The Labute approximate surface area is 135 Å². The van der Waals surface area contributed by atoms with E-state index in [4.69, 9.17) is 11.6 Å². The highest BCUT2D eigenvalue weighted by Gasteiger charge is 2.14. The van der Waals surface area contributed by atoms with E-state index in [1.54, 1.807) is 6.07 Å². The van der Waals surface area contributed by atoms with Crippen LogP contribution in [0.4, 0.5) is 5.69 Å². The molecular weight excluding hydrogens is 387 g/mol. The number of hydrogen-bond acceptors (Lipinski definition) is 2. The Hall–Kier alpha value is -1.11. The van der Waals surface area contributed by atoms with Gasteiger partial charge in [-0.2, -0.15) is 0 Å². The molecule has 0 saturated carbocycles. The Kier molecular flexibility index (Phi) is 3.96. The second-order valence-electron chi connectivity index (χ2n) is 4.67. The first kappa shape index (κ1) is 13.9. The van der Waals surface area contributed by atoms with Gasteiger partial charge in [0.15, 0.2) is 0 Å². The zero-order chi connectivity index (χ0) is 14.1. The van der Waals surface area contributed by atoms with Gasteiger partial charge >= 0.3 is 0 Å². The van der Waals surface area contributed by atoms with Gasteiger partial charge < -0.3 is 10.6 Å². The minimum absolute atomic E-state index is 0.0973. The number of carbonyl (C=O) groups is 1. The number of halogens is 2. The summed E-state index contributed by atoms with van der Waals surface area (Å²) in [5.41, 5.74) is 3.92. The van der Waals surface area contributed by atoms with Crippen molar-refractivity contribution in [3.63, 3.8) is 0 Å². The van der Waals surface area contributed by atoms with Crippen LogP contribution < -0.4 is 10.6 Å². The SMILES string of the molecule is O=C(Nc1ccc(Cl)cc1I)c1ccc2c(c1)CNC2. The summed E-state index contributed by atoms with van der Waals surface area (Å²) in [6.45, 7) is 1.71. The minimum atomic E-state index is -0.0973. The number of carbonyl (C=O) groups excluding carboxylic acids is 1. The highest BCUT2D eigenvalue weighted by atomic mass is 127. The van der Waals surface area contributed by atoms with Crippen molar-refractivity contribution in [3.05, 3.63) is 61.7 Å². The molecule has 0 radical (unpaired) electrons. The predicted molar refractivity (Wildman–Crippen MR) is 89.1 cm³/mol. The van der Waals surface area contributed by atoms with Gasteiger partial charge in [0, 0.05) is 27.2 Å². The number of amides is 1. The monoisotopic (exact) mass is 398 g/mol. The molecule has 0 aliphatic carbocycles. The summed E-state index contributed by atoms with van der Waals surface area (Å²) in [6, 6.07) is 11.2. The van der Waals surface area contributed by atoms with Crippen molar-refractivity contribution in [2.75, 3.05) is 5.32 Å². The van der Waals surface area contributed by atoms with E-state index in [9.17, 15) is 4.79 Å². The highest BCUT2D eigenvalue weighted by molar-refractivity contribution is 14.1. The maximum atomic E-state index is 12.3. The molecule has 1 amide bonds. The van der Waals surface area contributed by atoms with Gasteiger partial charge in [0.05, 0.1) is 5.69 Å². The Balaban J connectivity index is 1.82. The molecule has 5 heteroatoms. The lowest BCUT2D eigenvalue weighted by Crippen LogP contribution is -2.13. The minimum Gasteiger partial charge on any atom is -0.321 e. The van der Waals surface area contributed by atoms with E-state index < -0.39 is 0 Å². The summed E-state index contributed by atoms with van der Waals surface area (Å²) >= 11 is 8.07. The van der Waals surface area contributed by atoms with Crippen molar-refractivity contribution in [3.8, 4) is 0 Å². The van der Waals surface area contributed by atoms with Gasteiger partial charge in [-0.1, -0.05) is 17.7 Å². The van der Waals surface area contributed by atoms with Crippen LogP contribution >= 0.6 is 34.2 Å². The van der Waals surface area contributed by atoms with E-state index in [1.165, 1.54) is 11.1 Å². The van der Waals surface area contributed by atoms with E-state index in [-0.39, 0.29) is 5.91 Å². The van der Waals surface area contributed by atoms with Gasteiger partial charge in [-0.3, -0.25) is 4.79 Å². The van der Waals surface area contributed by atoms with Crippen LogP contribution in [0, 0.1) is 3.57 Å². The maximum absolute atomic E-state index is 12.3. The van der Waals surface area contributed by atoms with Gasteiger partial charge in [0.1, 0.15) is 0 Å². The van der Waals surface area contributed by atoms with E-state index in [2.05, 4.69) is 33.2 Å². The topological polar surface area (TPSA) is 41.1 Å². The lowest BCUT2D eigenvalue weighted by Gasteiger charge is -2.09. The van der Waals surface area contributed by atoms with Crippen molar-refractivity contribution in [2.45, 2.75) is 13.1 Å². The number of anilines is 1. The van der Waals surface area contributed by atoms with Crippen LogP contribution in [0.3, 0.4) is 0 Å². The lowest BCUT2D eigenvalue weighted by molar-refractivity contribution is 0.102. The van der Waals surface area contributed by atoms with Crippen LogP contribution in [-0.4, -0.2) is 5.91 Å². The second kappa shape index (κ2) is 5.71. The van der Waals surface area contributed by atoms with E-state index in [1.807, 2.05) is 30.3 Å². The fourth-order valence-corrected chi connectivity index (χ4v) is 3.23. The normalized spacial score (nSPS) is 13.1. The number of benzene rings is 2. The highest BCUT2D eigenvalue weighted by Crippen LogP contribution is 2.23. The van der Waals surface area contributed by atoms with Crippen molar-refractivity contribution in [1.82, 2.24) is 5.32 Å². The second-order valence-corrected chi connectivity index (χ2v) is 6.26. The van der Waals surface area contributed by atoms with Gasteiger partial charge in [0.2, 0.25) is 0 Å². The molecule has 1 aliphatic heterocycles. The number of hydrogen-bond donors (Lipinski definition) is 2. The zero-order valence-electron chi connectivity index (χ0n) is 10.5. The molecule has 0 fully saturated rings. The van der Waals surface area contributed by atoms with Gasteiger partial charge in [-0.05, 0) is 64.0 Å². The molecule has 0 bridgehead atoms. The first-order chi connectivity index (χ1) is 9.63. The van der Waals surface area contributed by atoms with Crippen LogP contribution in [0.2, 0.25) is 5.02 Å². The molecule has 3 nitrogen and oxygen atoms in total. The smallest absolute Gasteiger partial charge is 0.255 e. The summed E-state index contributed by atoms with van der Waals surface area (Å²) in [4.78, 5) is 12.3. The number of nitrogens with one attached hydrogen (secondary N) is 2. The predicted octanol–water partition coefficient (Wildman–Crippen LogP) is 3.80. The third-order valence-corrected chi connectivity index (χ3v) is 4.41. The summed E-state index contributed by atoms with van der Waals surface area (Å²) in [7, 11) is 0. The Morgan fingerprint density at radius 3 is 2.75 bits per heavy atom. The third kappa shape index (κ3) is 2.82. The number of fused-ring (bicyclic) bond motifs is 1. The molecule has 0 unspecified atom stereocenters. The molecule has 102 valence electrons. The molecule has 2 aromatic carbocycles. The Bertz CT molecular complexity index is 688. The van der Waals surface area contributed by atoms with Crippen molar-refractivity contribution in [1.29, 1.82) is 0 Å². The average Bonchev–Trinajstić information content (AvgIpc) is 2.89. The Morgan fingerprint density at radius 1 is 1.15 bits per heavy atom. The van der Waals surface area contributed by atoms with Crippen molar-refractivity contribution >= 4 is 45.8 Å². The maximum Gasteiger partial charge on any atom is 0.255 e. The van der Waals surface area contributed by atoms with Gasteiger partial charge in [0.25, 0.3) is 5.91 Å². The lowest BCUT2D eigenvalue weighted by atomic mass is 10.1. The number of rotatable bonds is 2. The van der Waals surface area contributed by atoms with E-state index in [0.29, 0.717) is 10.6 Å². The molecule has 1 aliphatic rings. The van der Waals surface area contributed by atoms with Crippen molar-refractivity contribution in [2.24, 2.45) is 0 Å². The molecule has 0 atom stereocenters. The van der Waals surface area contributed by atoms with Crippen molar-refractivity contribution < 1.29 is 4.79 Å². The summed E-state index contributed by atoms with van der Waals surface area (Å²) < 4.78 is 0.922.